The van der Waals surface area contributed by atoms with Gasteiger partial charge in [-0.2, -0.15) is 0 Å². The van der Waals surface area contributed by atoms with Gasteiger partial charge in [0.15, 0.2) is 5.96 Å². The van der Waals surface area contributed by atoms with E-state index in [4.69, 9.17) is 4.74 Å². The Labute approximate surface area is 166 Å². The Morgan fingerprint density at radius 2 is 2.00 bits per heavy atom. The molecule has 3 rings (SSSR count). The van der Waals surface area contributed by atoms with Gasteiger partial charge in [0, 0.05) is 31.9 Å². The summed E-state index contributed by atoms with van der Waals surface area (Å²) in [4.78, 5) is 8.54. The number of nitrogens with one attached hydrogen (secondary N) is 2. The van der Waals surface area contributed by atoms with Gasteiger partial charge in [-0.25, -0.2) is 4.98 Å². The van der Waals surface area contributed by atoms with Crippen LogP contribution in [0.4, 0.5) is 0 Å². The van der Waals surface area contributed by atoms with Crippen molar-refractivity contribution >= 4 is 29.9 Å². The van der Waals surface area contributed by atoms with Crippen molar-refractivity contribution in [2.45, 2.75) is 32.5 Å². The lowest BCUT2D eigenvalue weighted by Gasteiger charge is -2.12. The van der Waals surface area contributed by atoms with Crippen LogP contribution in [0.1, 0.15) is 24.5 Å². The smallest absolute Gasteiger partial charge is 0.213 e. The van der Waals surface area contributed by atoms with Gasteiger partial charge in [0.2, 0.25) is 5.88 Å². The molecule has 1 aromatic heterocycles. The third-order valence-corrected chi connectivity index (χ3v) is 4.14. The molecule has 0 amide bonds. The van der Waals surface area contributed by atoms with Crippen molar-refractivity contribution in [2.75, 3.05) is 7.05 Å². The van der Waals surface area contributed by atoms with E-state index < -0.39 is 0 Å². The number of hydrogen-bond acceptors (Lipinski definition) is 3. The first kappa shape index (κ1) is 19.5. The number of pyridine rings is 1. The molecule has 134 valence electrons. The molecule has 0 aliphatic heterocycles. The first-order chi connectivity index (χ1) is 11.7. The largest absolute Gasteiger partial charge is 0.473 e. The number of aliphatic imine (C=N–C) groups is 1. The second-order valence-electron chi connectivity index (χ2n) is 6.17. The second-order valence-corrected chi connectivity index (χ2v) is 6.17. The van der Waals surface area contributed by atoms with Gasteiger partial charge in [-0.3, -0.25) is 4.99 Å². The molecule has 1 aromatic carbocycles. The van der Waals surface area contributed by atoms with Crippen LogP contribution in [0.2, 0.25) is 0 Å². The van der Waals surface area contributed by atoms with Gasteiger partial charge in [0.1, 0.15) is 6.61 Å². The topological polar surface area (TPSA) is 58.5 Å². The molecular formula is C19H25IN4O. The van der Waals surface area contributed by atoms with E-state index in [0.29, 0.717) is 25.1 Å². The first-order valence-corrected chi connectivity index (χ1v) is 8.33. The van der Waals surface area contributed by atoms with Crippen molar-refractivity contribution < 1.29 is 4.74 Å². The summed E-state index contributed by atoms with van der Waals surface area (Å²) < 4.78 is 5.77. The van der Waals surface area contributed by atoms with Crippen LogP contribution in [0.25, 0.3) is 0 Å². The maximum absolute atomic E-state index is 5.77. The number of hydrogen-bond donors (Lipinski definition) is 2. The van der Waals surface area contributed by atoms with Crippen molar-refractivity contribution in [1.29, 1.82) is 0 Å². The molecule has 0 spiro atoms. The van der Waals surface area contributed by atoms with E-state index in [9.17, 15) is 0 Å². The normalized spacial score (nSPS) is 18.9. The summed E-state index contributed by atoms with van der Waals surface area (Å²) in [6.45, 7) is 3.45. The van der Waals surface area contributed by atoms with E-state index in [2.05, 4.69) is 27.5 Å². The van der Waals surface area contributed by atoms with Gasteiger partial charge in [0.25, 0.3) is 0 Å². The standard InChI is InChI=1S/C19H24N4O.HI/c1-14-10-17(14)23-19(20-2)22-12-16-8-9-21-18(11-16)24-13-15-6-4-3-5-7-15;/h3-9,11,14,17H,10,12-13H2,1-2H3,(H2,20,22,23);1H. The van der Waals surface area contributed by atoms with Gasteiger partial charge >= 0.3 is 0 Å². The quantitative estimate of drug-likeness (QED) is 0.401. The zero-order valence-electron chi connectivity index (χ0n) is 14.6. The number of benzene rings is 1. The first-order valence-electron chi connectivity index (χ1n) is 8.33. The molecule has 0 radical (unpaired) electrons. The van der Waals surface area contributed by atoms with Crippen LogP contribution in [0.3, 0.4) is 0 Å². The molecule has 25 heavy (non-hydrogen) atoms. The average Bonchev–Trinajstić information content (AvgIpc) is 3.33. The molecule has 1 aliphatic carbocycles. The summed E-state index contributed by atoms with van der Waals surface area (Å²) in [7, 11) is 1.79. The van der Waals surface area contributed by atoms with E-state index >= 15 is 0 Å². The van der Waals surface area contributed by atoms with Gasteiger partial charge < -0.3 is 15.4 Å². The maximum Gasteiger partial charge on any atom is 0.213 e. The van der Waals surface area contributed by atoms with Crippen LogP contribution >= 0.6 is 24.0 Å². The minimum absolute atomic E-state index is 0. The van der Waals surface area contributed by atoms with E-state index in [1.807, 2.05) is 42.5 Å². The molecule has 2 N–H and O–H groups in total. The molecular weight excluding hydrogens is 427 g/mol. The Morgan fingerprint density at radius 3 is 2.68 bits per heavy atom. The molecule has 1 heterocycles. The number of nitrogens with zero attached hydrogens (tertiary/aromatic N) is 2. The van der Waals surface area contributed by atoms with Crippen LogP contribution in [0, 0.1) is 5.92 Å². The van der Waals surface area contributed by atoms with Crippen LogP contribution in [0.15, 0.2) is 53.7 Å². The Hall–Kier alpha value is -1.83. The highest BCUT2D eigenvalue weighted by molar-refractivity contribution is 14.0. The van der Waals surface area contributed by atoms with Gasteiger partial charge in [-0.1, -0.05) is 37.3 Å². The molecule has 2 aromatic rings. The molecule has 1 aliphatic rings. The summed E-state index contributed by atoms with van der Waals surface area (Å²) >= 11 is 0. The minimum atomic E-state index is 0. The predicted octanol–water partition coefficient (Wildman–Crippen LogP) is 3.35. The van der Waals surface area contributed by atoms with E-state index in [-0.39, 0.29) is 24.0 Å². The number of guanidine groups is 1. The third kappa shape index (κ3) is 6.19. The highest BCUT2D eigenvalue weighted by atomic mass is 127. The van der Waals surface area contributed by atoms with Crippen LogP contribution in [0.5, 0.6) is 5.88 Å². The van der Waals surface area contributed by atoms with Crippen molar-refractivity contribution in [3.8, 4) is 5.88 Å². The minimum Gasteiger partial charge on any atom is -0.473 e. The Bertz CT molecular complexity index is 693. The highest BCUT2D eigenvalue weighted by Crippen LogP contribution is 2.28. The number of aromatic nitrogens is 1. The Kier molecular flexibility index (Phi) is 7.49. The van der Waals surface area contributed by atoms with Gasteiger partial charge in [0.05, 0.1) is 0 Å². The predicted molar refractivity (Wildman–Crippen MR) is 111 cm³/mol. The number of halogens is 1. The fourth-order valence-corrected chi connectivity index (χ4v) is 2.45. The van der Waals surface area contributed by atoms with Crippen molar-refractivity contribution in [3.05, 3.63) is 59.8 Å². The monoisotopic (exact) mass is 452 g/mol. The number of rotatable bonds is 6. The molecule has 6 heteroatoms. The van der Waals surface area contributed by atoms with Crippen molar-refractivity contribution in [3.63, 3.8) is 0 Å². The fourth-order valence-electron chi connectivity index (χ4n) is 2.45. The lowest BCUT2D eigenvalue weighted by atomic mass is 10.2. The molecule has 1 fully saturated rings. The van der Waals surface area contributed by atoms with E-state index in [0.717, 1.165) is 23.0 Å². The molecule has 0 saturated heterocycles. The summed E-state index contributed by atoms with van der Waals surface area (Å²) in [6.07, 6.45) is 2.99. The molecule has 2 atom stereocenters. The zero-order chi connectivity index (χ0) is 16.8. The summed E-state index contributed by atoms with van der Waals surface area (Å²) in [5.74, 6) is 2.22. The molecule has 1 saturated carbocycles. The molecule has 0 bridgehead atoms. The Balaban J connectivity index is 0.00000225. The van der Waals surface area contributed by atoms with Crippen molar-refractivity contribution in [1.82, 2.24) is 15.6 Å². The van der Waals surface area contributed by atoms with Crippen LogP contribution in [-0.4, -0.2) is 24.0 Å². The maximum atomic E-state index is 5.77. The van der Waals surface area contributed by atoms with Gasteiger partial charge in [-0.05, 0) is 29.5 Å². The SMILES string of the molecule is CN=C(NCc1ccnc(OCc2ccccc2)c1)NC1CC1C.I. The number of ether oxygens (including phenoxy) is 1. The summed E-state index contributed by atoms with van der Waals surface area (Å²) in [5, 5.41) is 6.75. The molecule has 5 nitrogen and oxygen atoms in total. The van der Waals surface area contributed by atoms with Crippen LogP contribution in [-0.2, 0) is 13.2 Å². The zero-order valence-corrected chi connectivity index (χ0v) is 16.9. The van der Waals surface area contributed by atoms with E-state index in [1.54, 1.807) is 13.2 Å². The Morgan fingerprint density at radius 1 is 1.24 bits per heavy atom. The summed E-state index contributed by atoms with van der Waals surface area (Å²) in [6, 6.07) is 14.6. The van der Waals surface area contributed by atoms with Crippen LogP contribution < -0.4 is 15.4 Å². The lowest BCUT2D eigenvalue weighted by Crippen LogP contribution is -2.38. The van der Waals surface area contributed by atoms with Gasteiger partial charge in [-0.15, -0.1) is 24.0 Å². The fraction of sp³-hybridized carbons (Fsp3) is 0.368. The highest BCUT2D eigenvalue weighted by Gasteiger charge is 2.33. The third-order valence-electron chi connectivity index (χ3n) is 4.14. The lowest BCUT2D eigenvalue weighted by molar-refractivity contribution is 0.293. The van der Waals surface area contributed by atoms with E-state index in [1.165, 1.54) is 6.42 Å². The second kappa shape index (κ2) is 9.60. The summed E-state index contributed by atoms with van der Waals surface area (Å²) in [5.41, 5.74) is 2.24. The average molecular weight is 452 g/mol. The van der Waals surface area contributed by atoms with Crippen molar-refractivity contribution in [2.24, 2.45) is 10.9 Å². The molecule has 2 unspecified atom stereocenters.